The molecule has 0 atom stereocenters. The standard InChI is InChI=1S/C17H17N3O3S/c1-10-12-9-15(24-17(12)20(2)19-10)16(21)18-11-4-5-13-14(8-11)23-7-3-6-22-13/h4-5,8-9H,3,6-7H2,1-2H3,(H,18,21). The molecule has 2 aromatic heterocycles. The molecule has 3 heterocycles. The van der Waals surface area contributed by atoms with Gasteiger partial charge in [0, 0.05) is 30.6 Å². The molecule has 1 aliphatic rings. The Bertz CT molecular complexity index is 894. The van der Waals surface area contributed by atoms with E-state index in [4.69, 9.17) is 9.47 Å². The third kappa shape index (κ3) is 2.60. The van der Waals surface area contributed by atoms with E-state index in [0.29, 0.717) is 35.3 Å². The minimum Gasteiger partial charge on any atom is -0.490 e. The highest BCUT2D eigenvalue weighted by Crippen LogP contribution is 2.33. The van der Waals surface area contributed by atoms with Gasteiger partial charge in [-0.25, -0.2) is 0 Å². The van der Waals surface area contributed by atoms with Crippen molar-refractivity contribution in [1.82, 2.24) is 9.78 Å². The van der Waals surface area contributed by atoms with E-state index in [-0.39, 0.29) is 5.91 Å². The molecule has 0 spiro atoms. The first-order valence-electron chi connectivity index (χ1n) is 7.76. The van der Waals surface area contributed by atoms with Gasteiger partial charge in [0.25, 0.3) is 5.91 Å². The first-order valence-corrected chi connectivity index (χ1v) is 8.57. The maximum absolute atomic E-state index is 12.5. The number of fused-ring (bicyclic) bond motifs is 2. The van der Waals surface area contributed by atoms with Crippen molar-refractivity contribution in [1.29, 1.82) is 0 Å². The van der Waals surface area contributed by atoms with Crippen LogP contribution >= 0.6 is 11.3 Å². The number of hydrogen-bond acceptors (Lipinski definition) is 5. The molecule has 7 heteroatoms. The fourth-order valence-electron chi connectivity index (χ4n) is 2.75. The summed E-state index contributed by atoms with van der Waals surface area (Å²) < 4.78 is 13.1. The summed E-state index contributed by atoms with van der Waals surface area (Å²) in [6.45, 7) is 3.21. The van der Waals surface area contributed by atoms with Crippen LogP contribution in [0.3, 0.4) is 0 Å². The lowest BCUT2D eigenvalue weighted by atomic mass is 10.2. The molecule has 1 N–H and O–H groups in total. The molecule has 0 bridgehead atoms. The number of aromatic nitrogens is 2. The van der Waals surface area contributed by atoms with Crippen LogP contribution in [0.1, 0.15) is 21.8 Å². The van der Waals surface area contributed by atoms with E-state index in [1.807, 2.05) is 32.2 Å². The van der Waals surface area contributed by atoms with Crippen LogP contribution in [0.2, 0.25) is 0 Å². The van der Waals surface area contributed by atoms with E-state index in [2.05, 4.69) is 10.4 Å². The molecule has 0 aliphatic carbocycles. The summed E-state index contributed by atoms with van der Waals surface area (Å²) in [5.41, 5.74) is 1.62. The minimum atomic E-state index is -0.134. The van der Waals surface area contributed by atoms with E-state index in [9.17, 15) is 4.79 Å². The number of anilines is 1. The van der Waals surface area contributed by atoms with Crippen LogP contribution in [0, 0.1) is 6.92 Å². The molecule has 1 amide bonds. The molecule has 0 radical (unpaired) electrons. The number of nitrogens with zero attached hydrogens (tertiary/aromatic N) is 2. The average Bonchev–Trinajstić information content (AvgIpc) is 3.01. The van der Waals surface area contributed by atoms with Gasteiger partial charge in [0.15, 0.2) is 11.5 Å². The molecule has 0 saturated heterocycles. The van der Waals surface area contributed by atoms with Crippen LogP contribution in [0.4, 0.5) is 5.69 Å². The summed E-state index contributed by atoms with van der Waals surface area (Å²) in [6, 6.07) is 7.35. The van der Waals surface area contributed by atoms with Gasteiger partial charge < -0.3 is 14.8 Å². The predicted octanol–water partition coefficient (Wildman–Crippen LogP) is 3.36. The maximum Gasteiger partial charge on any atom is 0.265 e. The quantitative estimate of drug-likeness (QED) is 0.775. The highest BCUT2D eigenvalue weighted by atomic mass is 32.1. The number of amides is 1. The number of rotatable bonds is 2. The number of thiophene rings is 1. The highest BCUT2D eigenvalue weighted by Gasteiger charge is 2.16. The van der Waals surface area contributed by atoms with Crippen molar-refractivity contribution in [2.45, 2.75) is 13.3 Å². The molecule has 1 aromatic carbocycles. The van der Waals surface area contributed by atoms with Crippen LogP contribution in [0.25, 0.3) is 10.2 Å². The zero-order valence-electron chi connectivity index (χ0n) is 13.5. The monoisotopic (exact) mass is 343 g/mol. The molecule has 0 unspecified atom stereocenters. The lowest BCUT2D eigenvalue weighted by Gasteiger charge is -2.10. The molecular formula is C17H17N3O3S. The zero-order valence-corrected chi connectivity index (χ0v) is 14.3. The van der Waals surface area contributed by atoms with Gasteiger partial charge in [-0.3, -0.25) is 9.48 Å². The summed E-state index contributed by atoms with van der Waals surface area (Å²) in [5, 5.41) is 8.30. The van der Waals surface area contributed by atoms with Gasteiger partial charge in [0.1, 0.15) is 4.83 Å². The van der Waals surface area contributed by atoms with Crippen molar-refractivity contribution in [2.24, 2.45) is 7.05 Å². The third-order valence-electron chi connectivity index (χ3n) is 3.93. The van der Waals surface area contributed by atoms with Gasteiger partial charge in [-0.15, -0.1) is 11.3 Å². The molecule has 1 aliphatic heterocycles. The Labute approximate surface area is 143 Å². The van der Waals surface area contributed by atoms with Crippen LogP contribution < -0.4 is 14.8 Å². The molecule has 24 heavy (non-hydrogen) atoms. The Morgan fingerprint density at radius 1 is 1.25 bits per heavy atom. The second-order valence-electron chi connectivity index (χ2n) is 5.70. The highest BCUT2D eigenvalue weighted by molar-refractivity contribution is 7.20. The number of aryl methyl sites for hydroxylation is 2. The molecule has 0 fully saturated rings. The maximum atomic E-state index is 12.5. The van der Waals surface area contributed by atoms with Gasteiger partial charge in [-0.1, -0.05) is 0 Å². The summed E-state index contributed by atoms with van der Waals surface area (Å²) in [5.74, 6) is 1.25. The average molecular weight is 343 g/mol. The topological polar surface area (TPSA) is 65.4 Å². The van der Waals surface area contributed by atoms with E-state index in [0.717, 1.165) is 22.3 Å². The van der Waals surface area contributed by atoms with Gasteiger partial charge in [-0.05, 0) is 25.1 Å². The molecular weight excluding hydrogens is 326 g/mol. The van der Waals surface area contributed by atoms with E-state index in [1.54, 1.807) is 10.7 Å². The Morgan fingerprint density at radius 3 is 2.83 bits per heavy atom. The second-order valence-corrected chi connectivity index (χ2v) is 6.74. The van der Waals surface area contributed by atoms with E-state index < -0.39 is 0 Å². The largest absolute Gasteiger partial charge is 0.490 e. The van der Waals surface area contributed by atoms with Crippen molar-refractivity contribution in [2.75, 3.05) is 18.5 Å². The van der Waals surface area contributed by atoms with Gasteiger partial charge in [0.2, 0.25) is 0 Å². The zero-order chi connectivity index (χ0) is 16.7. The normalized spacial score (nSPS) is 13.8. The summed E-state index contributed by atoms with van der Waals surface area (Å²) in [4.78, 5) is 14.2. The predicted molar refractivity (Wildman–Crippen MR) is 93.3 cm³/mol. The lowest BCUT2D eigenvalue weighted by molar-refractivity contribution is 0.103. The third-order valence-corrected chi connectivity index (χ3v) is 5.13. The Kier molecular flexibility index (Phi) is 3.65. The van der Waals surface area contributed by atoms with Crippen molar-refractivity contribution >= 4 is 33.1 Å². The number of carbonyl (C=O) groups excluding carboxylic acids is 1. The van der Waals surface area contributed by atoms with Crippen LogP contribution in [0.5, 0.6) is 11.5 Å². The number of benzene rings is 1. The fraction of sp³-hybridized carbons (Fsp3) is 0.294. The Morgan fingerprint density at radius 2 is 2.04 bits per heavy atom. The van der Waals surface area contributed by atoms with Crippen LogP contribution in [-0.4, -0.2) is 28.9 Å². The van der Waals surface area contributed by atoms with E-state index >= 15 is 0 Å². The fourth-order valence-corrected chi connectivity index (χ4v) is 3.77. The van der Waals surface area contributed by atoms with Crippen molar-refractivity contribution in [3.8, 4) is 11.5 Å². The number of carbonyl (C=O) groups is 1. The summed E-state index contributed by atoms with van der Waals surface area (Å²) in [6.07, 6.45) is 0.853. The summed E-state index contributed by atoms with van der Waals surface area (Å²) in [7, 11) is 1.89. The van der Waals surface area contributed by atoms with Gasteiger partial charge in [0.05, 0.1) is 23.8 Å². The number of nitrogens with one attached hydrogen (secondary N) is 1. The SMILES string of the molecule is Cc1nn(C)c2sc(C(=O)Nc3ccc4c(c3)OCCCO4)cc12. The lowest BCUT2D eigenvalue weighted by Crippen LogP contribution is -2.10. The minimum absolute atomic E-state index is 0.134. The molecule has 4 rings (SSSR count). The van der Waals surface area contributed by atoms with Crippen molar-refractivity contribution in [3.05, 3.63) is 34.8 Å². The number of ether oxygens (including phenoxy) is 2. The molecule has 3 aromatic rings. The first-order chi connectivity index (χ1) is 11.6. The van der Waals surface area contributed by atoms with Gasteiger partial charge in [-0.2, -0.15) is 5.10 Å². The number of hydrogen-bond donors (Lipinski definition) is 1. The Hall–Kier alpha value is -2.54. The molecule has 0 saturated carbocycles. The van der Waals surface area contributed by atoms with Crippen molar-refractivity contribution in [3.63, 3.8) is 0 Å². The van der Waals surface area contributed by atoms with Crippen LogP contribution in [-0.2, 0) is 7.05 Å². The van der Waals surface area contributed by atoms with E-state index in [1.165, 1.54) is 11.3 Å². The smallest absolute Gasteiger partial charge is 0.265 e. The molecule has 124 valence electrons. The molecule has 6 nitrogen and oxygen atoms in total. The first kappa shape index (κ1) is 15.0. The van der Waals surface area contributed by atoms with Crippen LogP contribution in [0.15, 0.2) is 24.3 Å². The Balaban J connectivity index is 1.59. The summed E-state index contributed by atoms with van der Waals surface area (Å²) >= 11 is 1.44. The van der Waals surface area contributed by atoms with Gasteiger partial charge >= 0.3 is 0 Å². The second kappa shape index (κ2) is 5.83. The van der Waals surface area contributed by atoms with Crippen molar-refractivity contribution < 1.29 is 14.3 Å².